The van der Waals surface area contributed by atoms with E-state index in [2.05, 4.69) is 16.0 Å². The third-order valence-electron chi connectivity index (χ3n) is 3.88. The predicted octanol–water partition coefficient (Wildman–Crippen LogP) is 3.85. The van der Waals surface area contributed by atoms with Crippen LogP contribution in [0.3, 0.4) is 0 Å². The largest absolute Gasteiger partial charge is 0.349 e. The van der Waals surface area contributed by atoms with E-state index in [1.165, 1.54) is 12.1 Å². The van der Waals surface area contributed by atoms with Crippen LogP contribution in [0.5, 0.6) is 0 Å². The summed E-state index contributed by atoms with van der Waals surface area (Å²) in [6, 6.07) is 14.6. The molecule has 0 aromatic heterocycles. The molecule has 1 atom stereocenters. The van der Waals surface area contributed by atoms with Crippen LogP contribution in [0.4, 0.5) is 14.9 Å². The van der Waals surface area contributed by atoms with Gasteiger partial charge >= 0.3 is 6.03 Å². The number of nitrogens with one attached hydrogen (secondary N) is 3. The van der Waals surface area contributed by atoms with Crippen LogP contribution in [0.15, 0.2) is 54.6 Å². The van der Waals surface area contributed by atoms with Crippen LogP contribution < -0.4 is 16.0 Å². The van der Waals surface area contributed by atoms with Crippen molar-refractivity contribution in [1.29, 1.82) is 0 Å². The second kappa shape index (κ2) is 9.56. The van der Waals surface area contributed by atoms with E-state index in [0.717, 1.165) is 5.56 Å². The van der Waals surface area contributed by atoms with Crippen LogP contribution in [0, 0.1) is 11.7 Å². The van der Waals surface area contributed by atoms with Crippen molar-refractivity contribution in [3.63, 3.8) is 0 Å². The van der Waals surface area contributed by atoms with E-state index < -0.39 is 0 Å². The summed E-state index contributed by atoms with van der Waals surface area (Å²) in [6.07, 6.45) is 0.159. The molecule has 2 rings (SSSR count). The van der Waals surface area contributed by atoms with Gasteiger partial charge in [-0.2, -0.15) is 0 Å². The highest BCUT2D eigenvalue weighted by Crippen LogP contribution is 2.22. The van der Waals surface area contributed by atoms with Crippen LogP contribution in [0.25, 0.3) is 0 Å². The minimum Gasteiger partial charge on any atom is -0.349 e. The van der Waals surface area contributed by atoms with Gasteiger partial charge < -0.3 is 16.0 Å². The fourth-order valence-corrected chi connectivity index (χ4v) is 2.54. The van der Waals surface area contributed by atoms with Crippen molar-refractivity contribution in [2.24, 2.45) is 5.92 Å². The number of para-hydroxylation sites is 1. The van der Waals surface area contributed by atoms with Crippen LogP contribution in [-0.2, 0) is 4.79 Å². The van der Waals surface area contributed by atoms with Crippen LogP contribution >= 0.6 is 0 Å². The molecule has 0 radical (unpaired) electrons. The van der Waals surface area contributed by atoms with Crippen LogP contribution in [0.2, 0.25) is 0 Å². The zero-order valence-electron chi connectivity index (χ0n) is 15.0. The molecule has 3 amide bonds. The monoisotopic (exact) mass is 357 g/mol. The highest BCUT2D eigenvalue weighted by Gasteiger charge is 2.18. The molecule has 0 aliphatic carbocycles. The van der Waals surface area contributed by atoms with E-state index in [4.69, 9.17) is 0 Å². The lowest BCUT2D eigenvalue weighted by molar-refractivity contribution is -0.122. The van der Waals surface area contributed by atoms with E-state index in [1.54, 1.807) is 24.3 Å². The maximum atomic E-state index is 13.1. The Morgan fingerprint density at radius 1 is 1.00 bits per heavy atom. The minimum atomic E-state index is -0.358. The van der Waals surface area contributed by atoms with Crippen LogP contribution in [0.1, 0.15) is 31.9 Å². The van der Waals surface area contributed by atoms with E-state index in [9.17, 15) is 14.0 Å². The van der Waals surface area contributed by atoms with Crippen molar-refractivity contribution < 1.29 is 14.0 Å². The highest BCUT2D eigenvalue weighted by atomic mass is 19.1. The zero-order valence-corrected chi connectivity index (χ0v) is 15.0. The molecule has 0 bridgehead atoms. The molecule has 0 saturated heterocycles. The highest BCUT2D eigenvalue weighted by molar-refractivity contribution is 5.89. The number of halogens is 1. The summed E-state index contributed by atoms with van der Waals surface area (Å²) >= 11 is 0. The molecule has 0 heterocycles. The van der Waals surface area contributed by atoms with E-state index in [-0.39, 0.29) is 42.7 Å². The van der Waals surface area contributed by atoms with Crippen LogP contribution in [-0.4, -0.2) is 18.5 Å². The van der Waals surface area contributed by atoms with Gasteiger partial charge in [-0.25, -0.2) is 9.18 Å². The summed E-state index contributed by atoms with van der Waals surface area (Å²) in [6.45, 7) is 4.19. The maximum absolute atomic E-state index is 13.1. The molecule has 2 aromatic rings. The number of hydrogen-bond acceptors (Lipinski definition) is 2. The number of urea groups is 1. The van der Waals surface area contributed by atoms with Gasteiger partial charge in [0, 0.05) is 18.7 Å². The molecule has 5 nitrogen and oxygen atoms in total. The molecular formula is C20H24FN3O2. The summed E-state index contributed by atoms with van der Waals surface area (Å²) in [5.74, 6) is -0.331. The van der Waals surface area contributed by atoms with Gasteiger partial charge in [0.1, 0.15) is 5.82 Å². The van der Waals surface area contributed by atoms with Gasteiger partial charge in [-0.05, 0) is 35.7 Å². The fraction of sp³-hybridized carbons (Fsp3) is 0.300. The average molecular weight is 357 g/mol. The average Bonchev–Trinajstić information content (AvgIpc) is 2.61. The van der Waals surface area contributed by atoms with Crippen molar-refractivity contribution in [3.05, 3.63) is 66.0 Å². The molecule has 0 aliphatic heterocycles. The summed E-state index contributed by atoms with van der Waals surface area (Å²) in [5.41, 5.74) is 1.54. The molecule has 0 fully saturated rings. The summed E-state index contributed by atoms with van der Waals surface area (Å²) in [7, 11) is 0. The lowest BCUT2D eigenvalue weighted by Gasteiger charge is -2.23. The molecule has 0 spiro atoms. The maximum Gasteiger partial charge on any atom is 0.319 e. The SMILES string of the molecule is CC(C)[C@@H](NC(=O)CCNC(=O)Nc1ccccc1)c1ccc(F)cc1. The zero-order chi connectivity index (χ0) is 18.9. The summed E-state index contributed by atoms with van der Waals surface area (Å²) in [4.78, 5) is 24.0. The molecule has 138 valence electrons. The molecule has 26 heavy (non-hydrogen) atoms. The number of carbonyl (C=O) groups is 2. The fourth-order valence-electron chi connectivity index (χ4n) is 2.54. The van der Waals surface area contributed by atoms with E-state index in [1.807, 2.05) is 32.0 Å². The molecular weight excluding hydrogens is 333 g/mol. The minimum absolute atomic E-state index is 0.152. The van der Waals surface area contributed by atoms with Gasteiger partial charge in [0.15, 0.2) is 0 Å². The Morgan fingerprint density at radius 2 is 1.65 bits per heavy atom. The van der Waals surface area contributed by atoms with E-state index in [0.29, 0.717) is 5.69 Å². The topological polar surface area (TPSA) is 70.2 Å². The number of hydrogen-bond donors (Lipinski definition) is 3. The molecule has 0 unspecified atom stereocenters. The first-order valence-electron chi connectivity index (χ1n) is 8.60. The molecule has 6 heteroatoms. The molecule has 3 N–H and O–H groups in total. The van der Waals surface area contributed by atoms with Crippen molar-refractivity contribution in [1.82, 2.24) is 10.6 Å². The lowest BCUT2D eigenvalue weighted by atomic mass is 9.96. The Morgan fingerprint density at radius 3 is 2.27 bits per heavy atom. The van der Waals surface area contributed by atoms with Gasteiger partial charge in [0.2, 0.25) is 5.91 Å². The van der Waals surface area contributed by atoms with Gasteiger partial charge in [0.05, 0.1) is 6.04 Å². The van der Waals surface area contributed by atoms with Crippen molar-refractivity contribution >= 4 is 17.6 Å². The van der Waals surface area contributed by atoms with E-state index >= 15 is 0 Å². The smallest absolute Gasteiger partial charge is 0.319 e. The Labute approximate surface area is 153 Å². The number of anilines is 1. The van der Waals surface area contributed by atoms with Gasteiger partial charge in [0.25, 0.3) is 0 Å². The summed E-state index contributed by atoms with van der Waals surface area (Å²) < 4.78 is 13.1. The normalized spacial score (nSPS) is 11.7. The number of amides is 3. The quantitative estimate of drug-likeness (QED) is 0.704. The summed E-state index contributed by atoms with van der Waals surface area (Å²) in [5, 5.41) is 8.28. The molecule has 0 aliphatic rings. The number of benzene rings is 2. The third-order valence-corrected chi connectivity index (χ3v) is 3.88. The van der Waals surface area contributed by atoms with Crippen molar-refractivity contribution in [2.45, 2.75) is 26.3 Å². The second-order valence-electron chi connectivity index (χ2n) is 6.34. The first-order chi connectivity index (χ1) is 12.5. The lowest BCUT2D eigenvalue weighted by Crippen LogP contribution is -2.36. The predicted molar refractivity (Wildman–Crippen MR) is 100 cm³/mol. The number of carbonyl (C=O) groups excluding carboxylic acids is 2. The first kappa shape index (κ1) is 19.4. The first-order valence-corrected chi connectivity index (χ1v) is 8.60. The van der Waals surface area contributed by atoms with Crippen molar-refractivity contribution in [3.8, 4) is 0 Å². The van der Waals surface area contributed by atoms with Gasteiger partial charge in [-0.1, -0.05) is 44.2 Å². The number of rotatable bonds is 7. The second-order valence-corrected chi connectivity index (χ2v) is 6.34. The van der Waals surface area contributed by atoms with Gasteiger partial charge in [-0.15, -0.1) is 0 Å². The van der Waals surface area contributed by atoms with Crippen molar-refractivity contribution in [2.75, 3.05) is 11.9 Å². The molecule has 0 saturated carbocycles. The Hall–Kier alpha value is -2.89. The Bertz CT molecular complexity index is 718. The Kier molecular flexibility index (Phi) is 7.14. The van der Waals surface area contributed by atoms with Gasteiger partial charge in [-0.3, -0.25) is 4.79 Å². The Balaban J connectivity index is 1.79. The molecule has 2 aromatic carbocycles. The standard InChI is InChI=1S/C20H24FN3O2/c1-14(2)19(15-8-10-16(21)11-9-15)24-18(25)12-13-22-20(26)23-17-6-4-3-5-7-17/h3-11,14,19H,12-13H2,1-2H3,(H,24,25)(H2,22,23,26)/t19-/m1/s1. The third kappa shape index (κ3) is 6.20.